The van der Waals surface area contributed by atoms with E-state index in [9.17, 15) is 35.5 Å². The van der Waals surface area contributed by atoms with Crippen LogP contribution in [0.4, 0.5) is 0 Å². The van der Waals surface area contributed by atoms with Crippen molar-refractivity contribution in [3.05, 3.63) is 178 Å². The molecule has 0 aliphatic heterocycles. The van der Waals surface area contributed by atoms with E-state index >= 15 is 0 Å². The van der Waals surface area contributed by atoms with E-state index in [4.69, 9.17) is 4.74 Å². The van der Waals surface area contributed by atoms with Crippen LogP contribution in [-0.4, -0.2) is 125 Å². The number of allylic oxidation sites excluding steroid dienone is 1. The van der Waals surface area contributed by atoms with Crippen LogP contribution in [0.1, 0.15) is 103 Å². The second kappa shape index (κ2) is 49.2. The Kier molecular flexibility index (Phi) is 53.4. The second-order valence-electron chi connectivity index (χ2n) is 19.7. The van der Waals surface area contributed by atoms with Crippen LogP contribution < -0.4 is 56.4 Å². The molecule has 1 amide bonds. The Labute approximate surface area is 508 Å². The van der Waals surface area contributed by atoms with Gasteiger partial charge in [0.15, 0.2) is 12.4 Å². The van der Waals surface area contributed by atoms with Gasteiger partial charge in [0.05, 0.1) is 73.8 Å². The smallest absolute Gasteiger partial charge is 1.00 e. The van der Waals surface area contributed by atoms with E-state index in [2.05, 4.69) is 163 Å². The first-order valence-electron chi connectivity index (χ1n) is 25.8. The maximum absolute atomic E-state index is 11.1. The first kappa shape index (κ1) is 85.7. The summed E-state index contributed by atoms with van der Waals surface area (Å²) in [6.07, 6.45) is 23.1. The van der Waals surface area contributed by atoms with Gasteiger partial charge in [-0.15, -0.1) is 6.58 Å². The topological polar surface area (TPSA) is 178 Å². The molecule has 0 radical (unpaired) electrons. The van der Waals surface area contributed by atoms with Crippen LogP contribution in [0.2, 0.25) is 0 Å². The molecule has 2 heterocycles. The van der Waals surface area contributed by atoms with E-state index in [1.807, 2.05) is 63.5 Å². The summed E-state index contributed by atoms with van der Waals surface area (Å²) in [5, 5.41) is 2.33. The quantitative estimate of drug-likeness (QED) is 0.0180. The van der Waals surface area contributed by atoms with Gasteiger partial charge in [0, 0.05) is 72.5 Å². The molecule has 0 saturated carbocycles. The third-order valence-corrected chi connectivity index (χ3v) is 12.2. The predicted molar refractivity (Wildman–Crippen MR) is 321 cm³/mol. The van der Waals surface area contributed by atoms with E-state index in [-0.39, 0.29) is 54.3 Å². The number of quaternary nitrogens is 2. The van der Waals surface area contributed by atoms with Crippen molar-refractivity contribution in [1.29, 1.82) is 0 Å². The average Bonchev–Trinajstić information content (AvgIpc) is 3.33. The van der Waals surface area contributed by atoms with E-state index in [0.29, 0.717) is 29.6 Å². The zero-order chi connectivity index (χ0) is 60.2. The van der Waals surface area contributed by atoms with Crippen molar-refractivity contribution in [3.63, 3.8) is 0 Å². The number of likely N-dealkylation sites (N-methyl/N-ethyl adjacent to an activating group) is 2. The molecule has 18 heteroatoms. The van der Waals surface area contributed by atoms with Gasteiger partial charge in [0.25, 0.3) is 0 Å². The number of carbonyl (C=O) groups excluding carboxylic acids is 2. The van der Waals surface area contributed by atoms with Gasteiger partial charge in [-0.1, -0.05) is 115 Å². The molecule has 3 aromatic rings. The van der Waals surface area contributed by atoms with E-state index in [1.165, 1.54) is 68.5 Å². The standard InChI is InChI=1S/C12H18N.C11H21NO5S.C11H16N.C9H10.C8H16N.C7H13NO4S.C3H6.ClH.Na/c1-3-5-7-10-13-11-8-6-9-12(13)4-2;1-10(2)11(13)17-8-7-12(3,4)6-5-9-18(14,15)16;1-3-5-9-12-10-7-6-8-11(12)4-2;1-3-9-6-4-8(2)5-7-9;1-5-7-9(3,4)8-6-2;1-4-6(9)8-7(2,3)5-13(10,11)12;1-3-2;;/h4,6,8-9,11H,2-3,5,7,10H2,1H3;1,5-9H2,2-4H3;4,6-8,10H,2-3,5,9H2,1H3;3-7H,1H2,2H3;5-6H,1-2,7-8H2,3-4H3;4H,1,5H2,2-3H3,(H,8,9)(H,10,11,12);3H,1H2,2H3;1H;/q+1;;+1;;+1;;;;+1/p-2. The molecular formula is C61H99ClN5NaO9S2+2. The van der Waals surface area contributed by atoms with E-state index in [0.717, 1.165) is 36.7 Å². The zero-order valence-electron chi connectivity index (χ0n) is 50.4. The maximum Gasteiger partial charge on any atom is 1.00 e. The van der Waals surface area contributed by atoms with Crippen LogP contribution in [0.5, 0.6) is 0 Å². The minimum absolute atomic E-state index is 0. The summed E-state index contributed by atoms with van der Waals surface area (Å²) >= 11 is 0. The Morgan fingerprint density at radius 1 is 0.696 bits per heavy atom. The van der Waals surface area contributed by atoms with Crippen molar-refractivity contribution < 1.29 is 100 Å². The molecule has 0 fully saturated rings. The van der Waals surface area contributed by atoms with Crippen LogP contribution in [0.25, 0.3) is 18.2 Å². The molecule has 0 atom stereocenters. The Morgan fingerprint density at radius 2 is 1.15 bits per heavy atom. The number of amides is 1. The summed E-state index contributed by atoms with van der Waals surface area (Å²) in [4.78, 5) is 21.9. The fourth-order valence-corrected chi connectivity index (χ4v) is 7.68. The van der Waals surface area contributed by atoms with Crippen molar-refractivity contribution in [2.24, 2.45) is 0 Å². The predicted octanol–water partition coefficient (Wildman–Crippen LogP) is 4.23. The van der Waals surface area contributed by atoms with Crippen molar-refractivity contribution in [1.82, 2.24) is 5.32 Å². The monoisotopic (exact) mass is 1170 g/mol. The molecule has 1 aromatic carbocycles. The fourth-order valence-electron chi connectivity index (χ4n) is 6.25. The molecule has 0 aliphatic carbocycles. The number of rotatable bonds is 26. The number of pyridine rings is 2. The number of esters is 1. The largest absolute Gasteiger partial charge is 1.00 e. The zero-order valence-corrected chi connectivity index (χ0v) is 54.8. The molecule has 2 aromatic heterocycles. The van der Waals surface area contributed by atoms with E-state index in [1.54, 1.807) is 13.0 Å². The van der Waals surface area contributed by atoms with Gasteiger partial charge in [-0.3, -0.25) is 4.79 Å². The third kappa shape index (κ3) is 55.1. The van der Waals surface area contributed by atoms with Gasteiger partial charge in [-0.25, -0.2) is 21.6 Å². The van der Waals surface area contributed by atoms with Gasteiger partial charge in [-0.05, 0) is 77.0 Å². The number of hydrogen-bond donors (Lipinski definition) is 1. The Balaban J connectivity index is -0.000000202. The number of nitrogens with zero attached hydrogens (tertiary/aromatic N) is 4. The van der Waals surface area contributed by atoms with Crippen molar-refractivity contribution in [3.8, 4) is 0 Å². The van der Waals surface area contributed by atoms with Crippen molar-refractivity contribution in [2.45, 2.75) is 106 Å². The number of unbranched alkanes of at least 4 members (excludes halogenated alkanes) is 3. The van der Waals surface area contributed by atoms with Crippen molar-refractivity contribution >= 4 is 50.3 Å². The van der Waals surface area contributed by atoms with Gasteiger partial charge in [0.2, 0.25) is 17.3 Å². The van der Waals surface area contributed by atoms with Crippen LogP contribution in [-0.2, 0) is 47.7 Å². The Hall–Kier alpha value is -4.59. The second-order valence-corrected chi connectivity index (χ2v) is 22.6. The average molecular weight is 1170 g/mol. The molecule has 0 saturated heterocycles. The summed E-state index contributed by atoms with van der Waals surface area (Å²) in [5.74, 6) is -1.94. The SMILES string of the molecule is C=C(C)C(=O)OCC[N+](C)(C)CCCS(=O)(=O)[O-].C=CC.C=CC(=O)NC(C)(C)CS(=O)(=O)[O-].C=CC[N+](C)(C)CC=C.C=Cc1ccc(C)cc1.C=Cc1cccc[n+]1CCCC.C=Cc1cccc[n+]1CCCCC.[Cl-].[Na+]. The number of nitrogens with one attached hydrogen (secondary N) is 1. The third-order valence-electron chi connectivity index (χ3n) is 10.3. The Morgan fingerprint density at radius 3 is 1.52 bits per heavy atom. The van der Waals surface area contributed by atoms with Crippen molar-refractivity contribution in [2.75, 3.05) is 72.5 Å². The molecule has 0 spiro atoms. The minimum atomic E-state index is -4.33. The van der Waals surface area contributed by atoms with Gasteiger partial charge in [0.1, 0.15) is 26.2 Å². The van der Waals surface area contributed by atoms with E-state index < -0.39 is 43.4 Å². The summed E-state index contributed by atoms with van der Waals surface area (Å²) in [6, 6.07) is 20.7. The van der Waals surface area contributed by atoms with Crippen LogP contribution >= 0.6 is 0 Å². The number of benzene rings is 1. The molecule has 14 nitrogen and oxygen atoms in total. The maximum atomic E-state index is 11.1. The van der Waals surface area contributed by atoms with Gasteiger partial charge >= 0.3 is 35.5 Å². The molecule has 0 aliphatic rings. The van der Waals surface area contributed by atoms with Gasteiger partial charge < -0.3 is 40.5 Å². The minimum Gasteiger partial charge on any atom is -1.00 e. The number of aromatic nitrogens is 2. The van der Waals surface area contributed by atoms with Gasteiger partial charge in [-0.2, -0.15) is 9.13 Å². The first-order chi connectivity index (χ1) is 35.8. The van der Waals surface area contributed by atoms with Crippen LogP contribution in [0, 0.1) is 6.92 Å². The summed E-state index contributed by atoms with van der Waals surface area (Å²) in [5.41, 5.74) is 4.16. The number of ether oxygens (including phenoxy) is 1. The number of hydrogen-bond acceptors (Lipinski definition) is 9. The summed E-state index contributed by atoms with van der Waals surface area (Å²) in [6.45, 7) is 47.0. The Bertz CT molecular complexity index is 2430. The molecular weight excluding hydrogens is 1070 g/mol. The molecule has 0 bridgehead atoms. The number of carbonyl (C=O) groups is 2. The summed E-state index contributed by atoms with van der Waals surface area (Å²) in [7, 11) is -0.409. The van der Waals surface area contributed by atoms with Crippen LogP contribution in [0.3, 0.4) is 0 Å². The molecule has 79 heavy (non-hydrogen) atoms. The normalized spacial score (nSPS) is 10.3. The molecule has 440 valence electrons. The summed E-state index contributed by atoms with van der Waals surface area (Å²) < 4.78 is 73.4. The molecule has 3 rings (SSSR count). The molecule has 0 unspecified atom stereocenters. The number of halogens is 1. The number of aryl methyl sites for hydroxylation is 3. The molecule has 1 N–H and O–H groups in total. The van der Waals surface area contributed by atoms with Crippen LogP contribution in [0.15, 0.2) is 156 Å². The fraction of sp³-hybridized carbons (Fsp3) is 0.443. The first-order valence-corrected chi connectivity index (χ1v) is 29.0.